The number of thioether (sulfide) groups is 1. The first-order valence-corrected chi connectivity index (χ1v) is 11.8. The SMILES string of the molecule is CC(Sc1ncc[nH]1)C1CCN(C(=O)Oc2ccc(CCOc3ccncc3)cc2)CC1. The predicted molar refractivity (Wildman–Crippen MR) is 124 cm³/mol. The number of hydrogen-bond donors (Lipinski definition) is 1. The number of amides is 1. The quantitative estimate of drug-likeness (QED) is 0.494. The van der Waals surface area contributed by atoms with E-state index in [0.29, 0.717) is 23.5 Å². The van der Waals surface area contributed by atoms with Crippen molar-refractivity contribution in [1.29, 1.82) is 0 Å². The van der Waals surface area contributed by atoms with Gasteiger partial charge in [-0.2, -0.15) is 0 Å². The molecule has 1 aliphatic rings. The lowest BCUT2D eigenvalue weighted by Crippen LogP contribution is -2.41. The molecule has 0 aliphatic carbocycles. The van der Waals surface area contributed by atoms with Crippen LogP contribution in [0.5, 0.6) is 11.5 Å². The molecule has 2 aromatic heterocycles. The Hall–Kier alpha value is -3.00. The number of ether oxygens (including phenoxy) is 2. The summed E-state index contributed by atoms with van der Waals surface area (Å²) in [5.74, 6) is 1.93. The van der Waals surface area contributed by atoms with Gasteiger partial charge in [-0.3, -0.25) is 4.98 Å². The van der Waals surface area contributed by atoms with Crippen molar-refractivity contribution < 1.29 is 14.3 Å². The molecule has 7 nitrogen and oxygen atoms in total. The first kappa shape index (κ1) is 22.2. The van der Waals surface area contributed by atoms with Gasteiger partial charge in [-0.15, -0.1) is 0 Å². The minimum Gasteiger partial charge on any atom is -0.493 e. The molecule has 3 aromatic rings. The van der Waals surface area contributed by atoms with E-state index in [0.717, 1.165) is 48.8 Å². The Morgan fingerprint density at radius 1 is 1.12 bits per heavy atom. The van der Waals surface area contributed by atoms with Crippen LogP contribution < -0.4 is 9.47 Å². The second kappa shape index (κ2) is 11.0. The molecule has 0 spiro atoms. The number of nitrogens with one attached hydrogen (secondary N) is 1. The van der Waals surface area contributed by atoms with Crippen LogP contribution in [0.25, 0.3) is 0 Å². The number of aromatic amines is 1. The molecule has 1 unspecified atom stereocenters. The fourth-order valence-corrected chi connectivity index (χ4v) is 4.82. The van der Waals surface area contributed by atoms with E-state index < -0.39 is 0 Å². The zero-order chi connectivity index (χ0) is 22.2. The van der Waals surface area contributed by atoms with Gasteiger partial charge in [0.15, 0.2) is 5.16 Å². The number of carbonyl (C=O) groups is 1. The molecule has 0 saturated carbocycles. The molecule has 1 amide bonds. The summed E-state index contributed by atoms with van der Waals surface area (Å²) in [5, 5.41) is 1.40. The highest BCUT2D eigenvalue weighted by molar-refractivity contribution is 7.99. The monoisotopic (exact) mass is 452 g/mol. The van der Waals surface area contributed by atoms with Crippen molar-refractivity contribution in [3.8, 4) is 11.5 Å². The van der Waals surface area contributed by atoms with Crippen LogP contribution in [0.15, 0.2) is 66.3 Å². The molecule has 0 bridgehead atoms. The normalized spacial score (nSPS) is 15.3. The Bertz CT molecular complexity index is 959. The van der Waals surface area contributed by atoms with Crippen molar-refractivity contribution in [3.63, 3.8) is 0 Å². The first-order valence-electron chi connectivity index (χ1n) is 10.9. The van der Waals surface area contributed by atoms with Gasteiger partial charge >= 0.3 is 6.09 Å². The van der Waals surface area contributed by atoms with Crippen LogP contribution in [0.3, 0.4) is 0 Å². The number of imidazole rings is 1. The van der Waals surface area contributed by atoms with Gasteiger partial charge in [0.1, 0.15) is 11.5 Å². The molecule has 1 atom stereocenters. The van der Waals surface area contributed by atoms with E-state index in [1.54, 1.807) is 35.3 Å². The molecule has 1 saturated heterocycles. The Balaban J connectivity index is 1.18. The molecular weight excluding hydrogens is 424 g/mol. The number of benzene rings is 1. The summed E-state index contributed by atoms with van der Waals surface area (Å²) in [6, 6.07) is 11.3. The maximum atomic E-state index is 12.6. The van der Waals surface area contributed by atoms with Gasteiger partial charge in [0.25, 0.3) is 0 Å². The van der Waals surface area contributed by atoms with Crippen LogP contribution in [0, 0.1) is 5.92 Å². The lowest BCUT2D eigenvalue weighted by atomic mass is 9.94. The molecule has 3 heterocycles. The third-order valence-corrected chi connectivity index (χ3v) is 6.87. The Morgan fingerprint density at radius 3 is 2.56 bits per heavy atom. The highest BCUT2D eigenvalue weighted by Gasteiger charge is 2.28. The smallest absolute Gasteiger partial charge is 0.415 e. The summed E-state index contributed by atoms with van der Waals surface area (Å²) >= 11 is 1.76. The van der Waals surface area contributed by atoms with E-state index in [4.69, 9.17) is 9.47 Å². The summed E-state index contributed by atoms with van der Waals surface area (Å²) < 4.78 is 11.3. The number of hydrogen-bond acceptors (Lipinski definition) is 6. The minimum atomic E-state index is -0.274. The van der Waals surface area contributed by atoms with Gasteiger partial charge in [0.2, 0.25) is 0 Å². The number of pyridine rings is 1. The van der Waals surface area contributed by atoms with Crippen LogP contribution >= 0.6 is 11.8 Å². The lowest BCUT2D eigenvalue weighted by Gasteiger charge is -2.33. The third kappa shape index (κ3) is 6.26. The maximum absolute atomic E-state index is 12.6. The van der Waals surface area contributed by atoms with Crippen molar-refractivity contribution in [3.05, 3.63) is 66.7 Å². The molecule has 1 fully saturated rings. The van der Waals surface area contributed by atoms with Crippen LogP contribution in [0.2, 0.25) is 0 Å². The molecule has 1 N–H and O–H groups in total. The second-order valence-corrected chi connectivity index (χ2v) is 9.20. The summed E-state index contributed by atoms with van der Waals surface area (Å²) in [4.78, 5) is 25.8. The number of rotatable bonds is 8. The number of aromatic nitrogens is 3. The van der Waals surface area contributed by atoms with Gasteiger partial charge in [0.05, 0.1) is 6.61 Å². The number of nitrogens with zero attached hydrogens (tertiary/aromatic N) is 3. The molecular formula is C24H28N4O3S. The third-order valence-electron chi connectivity index (χ3n) is 5.67. The Kier molecular flexibility index (Phi) is 7.66. The molecule has 1 aromatic carbocycles. The lowest BCUT2D eigenvalue weighted by molar-refractivity contribution is 0.131. The fourth-order valence-electron chi connectivity index (χ4n) is 3.75. The van der Waals surface area contributed by atoms with Crippen LogP contribution in [0.1, 0.15) is 25.3 Å². The minimum absolute atomic E-state index is 0.274. The van der Waals surface area contributed by atoms with Crippen molar-refractivity contribution in [2.45, 2.75) is 36.6 Å². The van der Waals surface area contributed by atoms with E-state index >= 15 is 0 Å². The number of likely N-dealkylation sites (tertiary alicyclic amines) is 1. The van der Waals surface area contributed by atoms with Crippen LogP contribution in [-0.2, 0) is 6.42 Å². The maximum Gasteiger partial charge on any atom is 0.415 e. The standard InChI is InChI=1S/C24H28N4O3S/c1-18(32-23-26-13-14-27-23)20-8-15-28(16-9-20)24(29)31-22-4-2-19(3-5-22)10-17-30-21-6-11-25-12-7-21/h2-7,11-14,18,20H,8-10,15-17H2,1H3,(H,26,27). The Labute approximate surface area is 192 Å². The summed E-state index contributed by atoms with van der Waals surface area (Å²) in [6.45, 7) is 4.25. The largest absolute Gasteiger partial charge is 0.493 e. The molecule has 1 aliphatic heterocycles. The highest BCUT2D eigenvalue weighted by Crippen LogP contribution is 2.31. The van der Waals surface area contributed by atoms with Gasteiger partial charge in [-0.1, -0.05) is 30.8 Å². The predicted octanol–water partition coefficient (Wildman–Crippen LogP) is 4.82. The van der Waals surface area contributed by atoms with Crippen molar-refractivity contribution in [1.82, 2.24) is 19.9 Å². The van der Waals surface area contributed by atoms with Crippen LogP contribution in [0.4, 0.5) is 4.79 Å². The second-order valence-electron chi connectivity index (χ2n) is 7.84. The topological polar surface area (TPSA) is 80.3 Å². The Morgan fingerprint density at radius 2 is 1.88 bits per heavy atom. The molecule has 0 radical (unpaired) electrons. The zero-order valence-corrected chi connectivity index (χ0v) is 19.0. The van der Waals surface area contributed by atoms with Crippen molar-refractivity contribution >= 4 is 17.9 Å². The number of H-pyrrole nitrogens is 1. The number of carbonyl (C=O) groups excluding carboxylic acids is 1. The first-order chi connectivity index (χ1) is 15.7. The fraction of sp³-hybridized carbons (Fsp3) is 0.375. The van der Waals surface area contributed by atoms with E-state index in [1.807, 2.05) is 42.6 Å². The van der Waals surface area contributed by atoms with E-state index in [1.165, 1.54) is 0 Å². The summed E-state index contributed by atoms with van der Waals surface area (Å²) in [5.41, 5.74) is 1.13. The van der Waals surface area contributed by atoms with Crippen molar-refractivity contribution in [2.24, 2.45) is 5.92 Å². The highest BCUT2D eigenvalue weighted by atomic mass is 32.2. The molecule has 8 heteroatoms. The molecule has 32 heavy (non-hydrogen) atoms. The van der Waals surface area contributed by atoms with Crippen molar-refractivity contribution in [2.75, 3.05) is 19.7 Å². The molecule has 4 rings (SSSR count). The average Bonchev–Trinajstić information content (AvgIpc) is 3.34. The van der Waals surface area contributed by atoms with Gasteiger partial charge in [0, 0.05) is 49.5 Å². The number of piperidine rings is 1. The van der Waals surface area contributed by atoms with E-state index in [-0.39, 0.29) is 6.09 Å². The summed E-state index contributed by atoms with van der Waals surface area (Å²) in [7, 11) is 0. The van der Waals surface area contributed by atoms with Gasteiger partial charge in [-0.05, 0) is 48.6 Å². The van der Waals surface area contributed by atoms with E-state index in [2.05, 4.69) is 21.9 Å². The molecule has 168 valence electrons. The zero-order valence-electron chi connectivity index (χ0n) is 18.1. The summed E-state index contributed by atoms with van der Waals surface area (Å²) in [6.07, 6.45) is 9.48. The van der Waals surface area contributed by atoms with Gasteiger partial charge in [-0.25, -0.2) is 9.78 Å². The average molecular weight is 453 g/mol. The van der Waals surface area contributed by atoms with Crippen LogP contribution in [-0.4, -0.2) is 50.9 Å². The van der Waals surface area contributed by atoms with E-state index in [9.17, 15) is 4.79 Å². The van der Waals surface area contributed by atoms with Gasteiger partial charge < -0.3 is 19.4 Å².